The maximum atomic E-state index is 12.7. The lowest BCUT2D eigenvalue weighted by atomic mass is 10.0. The number of hydrogen-bond donors (Lipinski definition) is 1. The summed E-state index contributed by atoms with van der Waals surface area (Å²) in [6.45, 7) is 13.2. The lowest BCUT2D eigenvalue weighted by Gasteiger charge is -2.31. The molecular weight excluding hydrogens is 260 g/mol. The number of hydrogen-bond acceptors (Lipinski definition) is 2. The second-order valence-corrected chi connectivity index (χ2v) is 7.48. The average Bonchev–Trinajstić information content (AvgIpc) is 2.70. The fourth-order valence-electron chi connectivity index (χ4n) is 3.31. The molecule has 1 heterocycles. The van der Waals surface area contributed by atoms with Crippen LogP contribution >= 0.6 is 0 Å². The summed E-state index contributed by atoms with van der Waals surface area (Å²) in [6.07, 6.45) is 7.51. The van der Waals surface area contributed by atoms with Gasteiger partial charge in [0.15, 0.2) is 0 Å². The van der Waals surface area contributed by atoms with Crippen molar-refractivity contribution in [2.45, 2.75) is 98.3 Å². The smallest absolute Gasteiger partial charge is 0.241 e. The van der Waals surface area contributed by atoms with E-state index in [2.05, 4.69) is 51.8 Å². The van der Waals surface area contributed by atoms with Crippen molar-refractivity contribution >= 4 is 5.91 Å². The topological polar surface area (TPSA) is 32.3 Å². The van der Waals surface area contributed by atoms with Crippen LogP contribution in [0, 0.1) is 11.8 Å². The molecule has 0 aliphatic carbocycles. The Morgan fingerprint density at radius 3 is 2.29 bits per heavy atom. The zero-order chi connectivity index (χ0) is 16.0. The van der Waals surface area contributed by atoms with Gasteiger partial charge in [0.1, 0.15) is 0 Å². The van der Waals surface area contributed by atoms with Crippen molar-refractivity contribution in [2.75, 3.05) is 0 Å². The molecule has 1 aliphatic rings. The normalized spacial score (nSPS) is 24.4. The quantitative estimate of drug-likeness (QED) is 0.648. The van der Waals surface area contributed by atoms with Gasteiger partial charge in [0, 0.05) is 6.04 Å². The molecule has 21 heavy (non-hydrogen) atoms. The molecule has 1 fully saturated rings. The Labute approximate surface area is 131 Å². The zero-order valence-corrected chi connectivity index (χ0v) is 15.0. The van der Waals surface area contributed by atoms with Gasteiger partial charge < -0.3 is 4.90 Å². The number of rotatable bonds is 9. The first-order chi connectivity index (χ1) is 9.88. The number of carbonyl (C=O) groups excluding carboxylic acids is 1. The summed E-state index contributed by atoms with van der Waals surface area (Å²) < 4.78 is 0. The lowest BCUT2D eigenvalue weighted by molar-refractivity contribution is -0.133. The van der Waals surface area contributed by atoms with Crippen LogP contribution in [-0.4, -0.2) is 29.1 Å². The summed E-state index contributed by atoms with van der Waals surface area (Å²) in [4.78, 5) is 14.9. The van der Waals surface area contributed by atoms with E-state index in [-0.39, 0.29) is 12.2 Å². The van der Waals surface area contributed by atoms with E-state index in [0.717, 1.165) is 12.8 Å². The minimum Gasteiger partial charge on any atom is -0.323 e. The lowest BCUT2D eigenvalue weighted by Crippen LogP contribution is -2.44. The van der Waals surface area contributed by atoms with E-state index in [1.807, 2.05) is 0 Å². The van der Waals surface area contributed by atoms with Gasteiger partial charge in [-0.05, 0) is 31.6 Å². The first-order valence-corrected chi connectivity index (χ1v) is 8.96. The number of carbonyl (C=O) groups is 1. The molecule has 1 rings (SSSR count). The summed E-state index contributed by atoms with van der Waals surface area (Å²) in [5.74, 6) is 1.29. The molecule has 124 valence electrons. The van der Waals surface area contributed by atoms with Crippen molar-refractivity contribution in [2.24, 2.45) is 11.8 Å². The molecule has 0 aromatic heterocycles. The first-order valence-electron chi connectivity index (χ1n) is 8.96. The van der Waals surface area contributed by atoms with Gasteiger partial charge in [0.25, 0.3) is 0 Å². The Balaban J connectivity index is 2.66. The standard InChI is InChI=1S/C18H36N2O/c1-7-8-9-10-11-15(6)20-16(12-13(2)3)19-17(14(4)5)18(20)21/h13-17,19H,7-12H2,1-6H3. The van der Waals surface area contributed by atoms with E-state index in [1.54, 1.807) is 0 Å². The molecule has 3 unspecified atom stereocenters. The van der Waals surface area contributed by atoms with Crippen LogP contribution in [0.15, 0.2) is 0 Å². The highest BCUT2D eigenvalue weighted by Crippen LogP contribution is 2.25. The molecule has 0 bridgehead atoms. The van der Waals surface area contributed by atoms with Crippen LogP contribution in [0.5, 0.6) is 0 Å². The maximum Gasteiger partial charge on any atom is 0.241 e. The highest BCUT2D eigenvalue weighted by molar-refractivity contribution is 5.84. The fraction of sp³-hybridized carbons (Fsp3) is 0.944. The van der Waals surface area contributed by atoms with Crippen molar-refractivity contribution < 1.29 is 4.79 Å². The highest BCUT2D eigenvalue weighted by atomic mass is 16.2. The number of amides is 1. The summed E-state index contributed by atoms with van der Waals surface area (Å²) >= 11 is 0. The number of nitrogens with zero attached hydrogens (tertiary/aromatic N) is 1. The molecule has 1 amide bonds. The van der Waals surface area contributed by atoms with Gasteiger partial charge in [0.05, 0.1) is 12.2 Å². The van der Waals surface area contributed by atoms with Gasteiger partial charge in [-0.15, -0.1) is 0 Å². The molecule has 3 atom stereocenters. The molecular formula is C18H36N2O. The second-order valence-electron chi connectivity index (χ2n) is 7.48. The molecule has 1 aliphatic heterocycles. The van der Waals surface area contributed by atoms with Crippen LogP contribution in [0.2, 0.25) is 0 Å². The second kappa shape index (κ2) is 8.77. The Bertz CT molecular complexity index is 314. The van der Waals surface area contributed by atoms with Crippen molar-refractivity contribution in [3.8, 4) is 0 Å². The third-order valence-corrected chi connectivity index (χ3v) is 4.54. The molecule has 3 nitrogen and oxygen atoms in total. The van der Waals surface area contributed by atoms with E-state index in [1.165, 1.54) is 25.7 Å². The predicted octanol–water partition coefficient (Wildman–Crippen LogP) is 4.17. The van der Waals surface area contributed by atoms with E-state index in [9.17, 15) is 4.79 Å². The summed E-state index contributed by atoms with van der Waals surface area (Å²) in [7, 11) is 0. The average molecular weight is 296 g/mol. The van der Waals surface area contributed by atoms with Crippen molar-refractivity contribution in [1.82, 2.24) is 10.2 Å². The van der Waals surface area contributed by atoms with Crippen LogP contribution in [-0.2, 0) is 4.79 Å². The predicted molar refractivity (Wildman–Crippen MR) is 90.1 cm³/mol. The van der Waals surface area contributed by atoms with Gasteiger partial charge in [-0.3, -0.25) is 10.1 Å². The van der Waals surface area contributed by atoms with Crippen LogP contribution in [0.3, 0.4) is 0 Å². The summed E-state index contributed by atoms with van der Waals surface area (Å²) in [5.41, 5.74) is 0. The highest BCUT2D eigenvalue weighted by Gasteiger charge is 2.42. The Hall–Kier alpha value is -0.570. The van der Waals surface area contributed by atoms with Gasteiger partial charge in [-0.25, -0.2) is 0 Å². The van der Waals surface area contributed by atoms with Crippen LogP contribution in [0.1, 0.15) is 80.1 Å². The van der Waals surface area contributed by atoms with E-state index in [4.69, 9.17) is 0 Å². The number of nitrogens with one attached hydrogen (secondary N) is 1. The van der Waals surface area contributed by atoms with Gasteiger partial charge in [0.2, 0.25) is 5.91 Å². The molecule has 1 N–H and O–H groups in total. The fourth-order valence-corrected chi connectivity index (χ4v) is 3.31. The van der Waals surface area contributed by atoms with Crippen LogP contribution in [0.4, 0.5) is 0 Å². The maximum absolute atomic E-state index is 12.7. The third-order valence-electron chi connectivity index (χ3n) is 4.54. The zero-order valence-electron chi connectivity index (χ0n) is 15.0. The molecule has 3 heteroatoms. The minimum atomic E-state index is 0.00634. The largest absolute Gasteiger partial charge is 0.323 e. The van der Waals surface area contributed by atoms with E-state index in [0.29, 0.717) is 23.8 Å². The van der Waals surface area contributed by atoms with Crippen molar-refractivity contribution in [3.05, 3.63) is 0 Å². The third kappa shape index (κ3) is 5.28. The van der Waals surface area contributed by atoms with Crippen LogP contribution < -0.4 is 5.32 Å². The van der Waals surface area contributed by atoms with E-state index < -0.39 is 0 Å². The Morgan fingerprint density at radius 2 is 1.76 bits per heavy atom. The SMILES string of the molecule is CCCCCCC(C)N1C(=O)C(C(C)C)NC1CC(C)C. The molecule has 0 aromatic carbocycles. The minimum absolute atomic E-state index is 0.00634. The molecule has 0 spiro atoms. The van der Waals surface area contributed by atoms with Crippen LogP contribution in [0.25, 0.3) is 0 Å². The summed E-state index contributed by atoms with van der Waals surface area (Å²) in [6, 6.07) is 0.362. The Kier molecular flexibility index (Phi) is 7.72. The first kappa shape index (κ1) is 18.5. The molecule has 0 aromatic rings. The van der Waals surface area contributed by atoms with E-state index >= 15 is 0 Å². The number of unbranched alkanes of at least 4 members (excludes halogenated alkanes) is 3. The molecule has 0 saturated carbocycles. The molecule has 0 radical (unpaired) electrons. The monoisotopic (exact) mass is 296 g/mol. The van der Waals surface area contributed by atoms with Crippen molar-refractivity contribution in [1.29, 1.82) is 0 Å². The molecule has 1 saturated heterocycles. The van der Waals surface area contributed by atoms with Gasteiger partial charge >= 0.3 is 0 Å². The van der Waals surface area contributed by atoms with Crippen molar-refractivity contribution in [3.63, 3.8) is 0 Å². The summed E-state index contributed by atoms with van der Waals surface area (Å²) in [5, 5.41) is 3.58. The Morgan fingerprint density at radius 1 is 1.10 bits per heavy atom. The van der Waals surface area contributed by atoms with Gasteiger partial charge in [-0.2, -0.15) is 0 Å². The van der Waals surface area contributed by atoms with Gasteiger partial charge in [-0.1, -0.05) is 60.3 Å².